The third-order valence-corrected chi connectivity index (χ3v) is 6.47. The van der Waals surface area contributed by atoms with E-state index in [0.29, 0.717) is 13.1 Å². The Kier molecular flexibility index (Phi) is 8.98. The number of rotatable bonds is 8. The van der Waals surface area contributed by atoms with E-state index in [1.165, 1.54) is 17.7 Å². The number of halogens is 3. The van der Waals surface area contributed by atoms with E-state index in [0.717, 1.165) is 30.9 Å². The first-order chi connectivity index (χ1) is 18.7. The van der Waals surface area contributed by atoms with Crippen LogP contribution >= 0.6 is 0 Å². The fourth-order valence-electron chi connectivity index (χ4n) is 4.33. The summed E-state index contributed by atoms with van der Waals surface area (Å²) in [4.78, 5) is 42.6. The van der Waals surface area contributed by atoms with E-state index in [9.17, 15) is 27.6 Å². The van der Waals surface area contributed by atoms with Gasteiger partial charge in [-0.25, -0.2) is 4.79 Å². The molecule has 1 saturated heterocycles. The van der Waals surface area contributed by atoms with Crippen molar-refractivity contribution < 1.29 is 27.6 Å². The van der Waals surface area contributed by atoms with Crippen LogP contribution < -0.4 is 10.2 Å². The fraction of sp³-hybridized carbons (Fsp3) is 0.276. The molecule has 0 aromatic heterocycles. The van der Waals surface area contributed by atoms with Crippen LogP contribution in [0.3, 0.4) is 0 Å². The van der Waals surface area contributed by atoms with Crippen molar-refractivity contribution in [3.05, 3.63) is 102 Å². The highest BCUT2D eigenvalue weighted by Gasteiger charge is 2.38. The molecular weight excluding hydrogens is 509 g/mol. The van der Waals surface area contributed by atoms with Gasteiger partial charge >= 0.3 is 18.1 Å². The molecule has 0 spiro atoms. The number of para-hydroxylation sites is 1. The molecule has 10 heteroatoms. The number of nitrogens with one attached hydrogen (secondary N) is 1. The zero-order chi connectivity index (χ0) is 27.8. The van der Waals surface area contributed by atoms with Crippen LogP contribution in [-0.2, 0) is 17.9 Å². The predicted molar refractivity (Wildman–Crippen MR) is 141 cm³/mol. The Morgan fingerprint density at radius 2 is 1.36 bits per heavy atom. The average molecular weight is 539 g/mol. The summed E-state index contributed by atoms with van der Waals surface area (Å²) in [5, 5.41) is 1.58. The van der Waals surface area contributed by atoms with Gasteiger partial charge in [-0.05, 0) is 23.3 Å². The van der Waals surface area contributed by atoms with Crippen molar-refractivity contribution in [2.45, 2.75) is 19.3 Å². The van der Waals surface area contributed by atoms with E-state index < -0.39 is 24.4 Å². The number of hydrogen-bond acceptors (Lipinski definition) is 4. The SMILES string of the molecule is O=C(CNC(=O)C(F)(F)F)c1ccc(CN(C(=O)N2CCN(Cc3ccccc3)CC2)c2ccccc2)cc1. The smallest absolute Gasteiger partial charge is 0.341 e. The van der Waals surface area contributed by atoms with Crippen molar-refractivity contribution >= 4 is 23.4 Å². The zero-order valence-electron chi connectivity index (χ0n) is 21.2. The van der Waals surface area contributed by atoms with Gasteiger partial charge in [0.15, 0.2) is 5.78 Å². The van der Waals surface area contributed by atoms with Gasteiger partial charge in [-0.2, -0.15) is 13.2 Å². The van der Waals surface area contributed by atoms with E-state index >= 15 is 0 Å². The van der Waals surface area contributed by atoms with Crippen molar-refractivity contribution in [3.8, 4) is 0 Å². The van der Waals surface area contributed by atoms with Crippen LogP contribution in [0.4, 0.5) is 23.7 Å². The number of Topliss-reactive ketones (excluding diaryl/α,β-unsaturated/α-hetero) is 1. The molecule has 0 bridgehead atoms. The number of anilines is 1. The van der Waals surface area contributed by atoms with Gasteiger partial charge in [-0.15, -0.1) is 0 Å². The van der Waals surface area contributed by atoms with Crippen molar-refractivity contribution in [3.63, 3.8) is 0 Å². The van der Waals surface area contributed by atoms with E-state index in [1.54, 1.807) is 22.3 Å². The Hall–Kier alpha value is -4.18. The lowest BCUT2D eigenvalue weighted by Crippen LogP contribution is -2.52. The van der Waals surface area contributed by atoms with Crippen LogP contribution in [0.5, 0.6) is 0 Å². The molecule has 1 heterocycles. The maximum absolute atomic E-state index is 13.6. The number of carbonyl (C=O) groups excluding carboxylic acids is 3. The highest BCUT2D eigenvalue weighted by Crippen LogP contribution is 2.21. The van der Waals surface area contributed by atoms with Gasteiger partial charge in [0.25, 0.3) is 0 Å². The van der Waals surface area contributed by atoms with Gasteiger partial charge in [0.05, 0.1) is 13.1 Å². The Bertz CT molecular complexity index is 1260. The van der Waals surface area contributed by atoms with Gasteiger partial charge in [0, 0.05) is 44.0 Å². The van der Waals surface area contributed by atoms with Crippen LogP contribution in [0.2, 0.25) is 0 Å². The standard InChI is InChI=1S/C29H29F3N4O3/c30-29(31,32)27(38)33-19-26(37)24-13-11-23(12-14-24)21-36(25-9-5-2-6-10-25)28(39)35-17-15-34(16-18-35)20-22-7-3-1-4-8-22/h1-14H,15-21H2,(H,33,38). The van der Waals surface area contributed by atoms with Crippen molar-refractivity contribution in [1.82, 2.24) is 15.1 Å². The summed E-state index contributed by atoms with van der Waals surface area (Å²) >= 11 is 0. The van der Waals surface area contributed by atoms with E-state index in [2.05, 4.69) is 17.0 Å². The summed E-state index contributed by atoms with van der Waals surface area (Å²) in [6.45, 7) is 3.00. The highest BCUT2D eigenvalue weighted by atomic mass is 19.4. The Morgan fingerprint density at radius 3 is 1.95 bits per heavy atom. The number of ketones is 1. The van der Waals surface area contributed by atoms with Crippen molar-refractivity contribution in [2.24, 2.45) is 0 Å². The number of piperazine rings is 1. The second-order valence-electron chi connectivity index (χ2n) is 9.25. The van der Waals surface area contributed by atoms with Crippen LogP contribution in [0.1, 0.15) is 21.5 Å². The molecule has 0 radical (unpaired) electrons. The van der Waals surface area contributed by atoms with Crippen LogP contribution in [0, 0.1) is 0 Å². The molecule has 1 N–H and O–H groups in total. The van der Waals surface area contributed by atoms with Gasteiger partial charge < -0.3 is 10.2 Å². The summed E-state index contributed by atoms with van der Waals surface area (Å²) in [5.41, 5.74) is 2.86. The van der Waals surface area contributed by atoms with E-state index in [-0.39, 0.29) is 18.1 Å². The largest absolute Gasteiger partial charge is 0.471 e. The number of hydrogen-bond donors (Lipinski definition) is 1. The molecule has 3 aromatic rings. The summed E-state index contributed by atoms with van der Waals surface area (Å²) < 4.78 is 37.1. The molecule has 0 aliphatic carbocycles. The minimum Gasteiger partial charge on any atom is -0.341 e. The molecule has 0 atom stereocenters. The molecule has 39 heavy (non-hydrogen) atoms. The highest BCUT2D eigenvalue weighted by molar-refractivity contribution is 5.99. The molecule has 1 aliphatic heterocycles. The number of nitrogens with zero attached hydrogens (tertiary/aromatic N) is 3. The van der Waals surface area contributed by atoms with Crippen molar-refractivity contribution in [1.29, 1.82) is 0 Å². The van der Waals surface area contributed by atoms with Crippen LogP contribution in [0.15, 0.2) is 84.9 Å². The molecule has 3 amide bonds. The molecule has 204 valence electrons. The molecule has 3 aromatic carbocycles. The molecule has 0 unspecified atom stereocenters. The lowest BCUT2D eigenvalue weighted by atomic mass is 10.1. The van der Waals surface area contributed by atoms with Crippen LogP contribution in [-0.4, -0.2) is 66.4 Å². The van der Waals surface area contributed by atoms with Gasteiger partial charge in [0.2, 0.25) is 0 Å². The topological polar surface area (TPSA) is 73.0 Å². The van der Waals surface area contributed by atoms with Crippen molar-refractivity contribution in [2.75, 3.05) is 37.6 Å². The first-order valence-corrected chi connectivity index (χ1v) is 12.6. The van der Waals surface area contributed by atoms with Gasteiger partial charge in [-0.3, -0.25) is 19.4 Å². The van der Waals surface area contributed by atoms with E-state index in [1.807, 2.05) is 53.4 Å². The molecule has 0 saturated carbocycles. The lowest BCUT2D eigenvalue weighted by Gasteiger charge is -2.37. The number of alkyl halides is 3. The molecule has 1 fully saturated rings. The molecule has 7 nitrogen and oxygen atoms in total. The fourth-order valence-corrected chi connectivity index (χ4v) is 4.33. The summed E-state index contributed by atoms with van der Waals surface area (Å²) in [7, 11) is 0. The second-order valence-corrected chi connectivity index (χ2v) is 9.25. The monoisotopic (exact) mass is 538 g/mol. The molecule has 1 aliphatic rings. The number of carbonyl (C=O) groups is 3. The summed E-state index contributed by atoms with van der Waals surface area (Å²) in [6.07, 6.45) is -5.05. The van der Waals surface area contributed by atoms with Crippen LogP contribution in [0.25, 0.3) is 0 Å². The third-order valence-electron chi connectivity index (χ3n) is 6.47. The zero-order valence-corrected chi connectivity index (χ0v) is 21.2. The minimum atomic E-state index is -5.05. The second kappa shape index (κ2) is 12.6. The third kappa shape index (κ3) is 7.67. The Balaban J connectivity index is 1.39. The summed E-state index contributed by atoms with van der Waals surface area (Å²) in [5.74, 6) is -2.81. The normalized spacial score (nSPS) is 14.1. The number of benzene rings is 3. The molecule has 4 rings (SSSR count). The van der Waals surface area contributed by atoms with Gasteiger partial charge in [0.1, 0.15) is 0 Å². The average Bonchev–Trinajstić information content (AvgIpc) is 2.95. The quantitative estimate of drug-likeness (QED) is 0.429. The first kappa shape index (κ1) is 27.8. The maximum Gasteiger partial charge on any atom is 0.471 e. The maximum atomic E-state index is 13.6. The Labute approximate surface area is 224 Å². The number of amides is 3. The van der Waals surface area contributed by atoms with Gasteiger partial charge in [-0.1, -0.05) is 72.8 Å². The predicted octanol–water partition coefficient (Wildman–Crippen LogP) is 4.49. The molecular formula is C29H29F3N4O3. The number of urea groups is 1. The van der Waals surface area contributed by atoms with E-state index in [4.69, 9.17) is 0 Å². The summed E-state index contributed by atoms with van der Waals surface area (Å²) in [6, 6.07) is 25.6. The Morgan fingerprint density at radius 1 is 0.769 bits per heavy atom. The lowest BCUT2D eigenvalue weighted by molar-refractivity contribution is -0.173. The minimum absolute atomic E-state index is 0.129. The first-order valence-electron chi connectivity index (χ1n) is 12.6.